The van der Waals surface area contributed by atoms with Gasteiger partial charge in [0, 0.05) is 36.8 Å². The van der Waals surface area contributed by atoms with Crippen LogP contribution >= 0.6 is 0 Å². The first kappa shape index (κ1) is 30.0. The number of hydrogen-bond acceptors (Lipinski definition) is 10. The molecule has 0 spiro atoms. The third-order valence-electron chi connectivity index (χ3n) is 6.03. The van der Waals surface area contributed by atoms with Crippen molar-refractivity contribution in [3.8, 4) is 23.5 Å². The molecule has 0 aliphatic rings. The standard InChI is InChI=1S/C23H18N4O2.C7H6N4O.CH5N/c1-3-20-26-19-11-7-8-17(13-12-16-14-24-23(29-2)25-15-16)21(19)22(28)27(20)18-9-5-4-6-10-18;8-6-5(4-12)7-9-2-1-3-11(7)10-6;1-2/h4-11,14-15H,3H2,1-2H3;1-4H,(H2,8,10);2H2,1H3. The molecule has 0 amide bonds. The lowest BCUT2D eigenvalue weighted by Crippen LogP contribution is -2.24. The van der Waals surface area contributed by atoms with Crippen LogP contribution in [0.3, 0.4) is 0 Å². The van der Waals surface area contributed by atoms with Gasteiger partial charge in [0.25, 0.3) is 5.56 Å². The van der Waals surface area contributed by atoms with E-state index < -0.39 is 0 Å². The molecule has 4 aromatic heterocycles. The number of hydrogen-bond donors (Lipinski definition) is 2. The van der Waals surface area contributed by atoms with Crippen LogP contribution in [0.5, 0.6) is 6.01 Å². The highest BCUT2D eigenvalue weighted by Crippen LogP contribution is 2.17. The monoisotopic (exact) mass is 575 g/mol. The maximum absolute atomic E-state index is 13.4. The second-order valence-corrected chi connectivity index (χ2v) is 8.57. The summed E-state index contributed by atoms with van der Waals surface area (Å²) in [6.07, 6.45) is 7.73. The summed E-state index contributed by atoms with van der Waals surface area (Å²) < 4.78 is 8.09. The number of aldehydes is 1. The van der Waals surface area contributed by atoms with Gasteiger partial charge < -0.3 is 16.2 Å². The maximum Gasteiger partial charge on any atom is 0.316 e. The van der Waals surface area contributed by atoms with E-state index in [1.165, 1.54) is 18.7 Å². The van der Waals surface area contributed by atoms with E-state index in [2.05, 4.69) is 37.6 Å². The average molecular weight is 576 g/mol. The first-order valence-corrected chi connectivity index (χ1v) is 13.1. The van der Waals surface area contributed by atoms with E-state index in [9.17, 15) is 9.59 Å². The van der Waals surface area contributed by atoms with E-state index in [4.69, 9.17) is 15.5 Å². The fourth-order valence-corrected chi connectivity index (χ4v) is 4.12. The van der Waals surface area contributed by atoms with Crippen LogP contribution in [0.25, 0.3) is 22.2 Å². The summed E-state index contributed by atoms with van der Waals surface area (Å²) in [7, 11) is 3.01. The largest absolute Gasteiger partial charge is 0.467 e. The minimum absolute atomic E-state index is 0.131. The molecule has 0 saturated carbocycles. The number of nitrogens with two attached hydrogens (primary N) is 2. The summed E-state index contributed by atoms with van der Waals surface area (Å²) in [5, 5.41) is 4.38. The Morgan fingerprint density at radius 1 is 0.977 bits per heavy atom. The van der Waals surface area contributed by atoms with Crippen molar-refractivity contribution in [3.05, 3.63) is 112 Å². The number of methoxy groups -OCH3 is 1. The van der Waals surface area contributed by atoms with E-state index in [0.29, 0.717) is 51.8 Å². The SMILES string of the molecule is CCc1nc2cccc(C#Cc3cnc(OC)nc3)c2c(=O)n1-c1ccccc1.CN.Nc1nn2cccnc2c1C=O. The first-order chi connectivity index (χ1) is 21.0. The van der Waals surface area contributed by atoms with Gasteiger partial charge in [0.05, 0.1) is 29.3 Å². The summed E-state index contributed by atoms with van der Waals surface area (Å²) in [6, 6.07) is 17.0. The van der Waals surface area contributed by atoms with Crippen LogP contribution in [0.2, 0.25) is 0 Å². The zero-order chi connectivity index (χ0) is 30.8. The zero-order valence-corrected chi connectivity index (χ0v) is 23.8. The lowest BCUT2D eigenvalue weighted by molar-refractivity contribution is 0.112. The van der Waals surface area contributed by atoms with Gasteiger partial charge in [-0.25, -0.2) is 24.5 Å². The molecule has 4 heterocycles. The Balaban J connectivity index is 0.000000251. The molecule has 0 fully saturated rings. The van der Waals surface area contributed by atoms with Crippen LogP contribution in [0.4, 0.5) is 5.82 Å². The van der Waals surface area contributed by atoms with Crippen molar-refractivity contribution in [1.29, 1.82) is 0 Å². The highest BCUT2D eigenvalue weighted by Gasteiger charge is 2.14. The first-order valence-electron chi connectivity index (χ1n) is 13.1. The molecule has 216 valence electrons. The smallest absolute Gasteiger partial charge is 0.316 e. The number of anilines is 1. The summed E-state index contributed by atoms with van der Waals surface area (Å²) in [4.78, 5) is 40.8. The predicted octanol–water partition coefficient (Wildman–Crippen LogP) is 2.85. The molecule has 0 unspecified atom stereocenters. The number of aromatic nitrogens is 7. The predicted molar refractivity (Wildman–Crippen MR) is 164 cm³/mol. The number of benzene rings is 2. The maximum atomic E-state index is 13.4. The number of nitrogens with zero attached hydrogens (tertiary/aromatic N) is 7. The van der Waals surface area contributed by atoms with E-state index >= 15 is 0 Å². The molecule has 0 bridgehead atoms. The third-order valence-corrected chi connectivity index (χ3v) is 6.03. The topological polar surface area (TPSA) is 169 Å². The van der Waals surface area contributed by atoms with Crippen molar-refractivity contribution in [2.24, 2.45) is 5.73 Å². The van der Waals surface area contributed by atoms with Crippen molar-refractivity contribution >= 4 is 28.7 Å². The van der Waals surface area contributed by atoms with Crippen LogP contribution in [0, 0.1) is 11.8 Å². The molecule has 0 saturated heterocycles. The summed E-state index contributed by atoms with van der Waals surface area (Å²) in [5.41, 5.74) is 13.3. The quantitative estimate of drug-likeness (QED) is 0.235. The highest BCUT2D eigenvalue weighted by atomic mass is 16.5. The van der Waals surface area contributed by atoms with Gasteiger partial charge in [-0.1, -0.05) is 43.0 Å². The third kappa shape index (κ3) is 6.53. The fourth-order valence-electron chi connectivity index (χ4n) is 4.12. The second-order valence-electron chi connectivity index (χ2n) is 8.57. The lowest BCUT2D eigenvalue weighted by Gasteiger charge is -2.13. The van der Waals surface area contributed by atoms with Crippen LogP contribution in [-0.2, 0) is 6.42 Å². The molecular formula is C31H29N9O3. The fraction of sp³-hybridized carbons (Fsp3) is 0.129. The van der Waals surface area contributed by atoms with E-state index in [1.807, 2.05) is 55.5 Å². The Hall–Kier alpha value is -5.93. The Bertz CT molecular complexity index is 1970. The number of carbonyl (C=O) groups is 1. The molecule has 43 heavy (non-hydrogen) atoms. The van der Waals surface area contributed by atoms with Gasteiger partial charge in [0.2, 0.25) is 0 Å². The van der Waals surface area contributed by atoms with Crippen molar-refractivity contribution in [2.45, 2.75) is 13.3 Å². The average Bonchev–Trinajstić information content (AvgIpc) is 3.40. The number of aryl methyl sites for hydroxylation is 1. The Kier molecular flexibility index (Phi) is 9.86. The normalized spacial score (nSPS) is 10.0. The van der Waals surface area contributed by atoms with Gasteiger partial charge in [-0.3, -0.25) is 14.2 Å². The number of rotatable bonds is 4. The number of fused-ring (bicyclic) bond motifs is 2. The molecule has 12 heteroatoms. The minimum atomic E-state index is -0.131. The molecule has 12 nitrogen and oxygen atoms in total. The van der Waals surface area contributed by atoms with E-state index in [-0.39, 0.29) is 17.4 Å². The molecule has 6 aromatic rings. The van der Waals surface area contributed by atoms with Crippen molar-refractivity contribution in [3.63, 3.8) is 0 Å². The summed E-state index contributed by atoms with van der Waals surface area (Å²) in [5.74, 6) is 7.01. The summed E-state index contributed by atoms with van der Waals surface area (Å²) >= 11 is 0. The molecule has 0 aliphatic heterocycles. The molecular weight excluding hydrogens is 546 g/mol. The van der Waals surface area contributed by atoms with Crippen LogP contribution in [0.1, 0.15) is 34.2 Å². The van der Waals surface area contributed by atoms with Crippen LogP contribution in [-0.4, -0.2) is 54.6 Å². The van der Waals surface area contributed by atoms with Crippen molar-refractivity contribution in [2.75, 3.05) is 19.9 Å². The van der Waals surface area contributed by atoms with Crippen LogP contribution in [0.15, 0.2) is 84.2 Å². The number of ether oxygens (including phenoxy) is 1. The number of carbonyl (C=O) groups excluding carboxylic acids is 1. The summed E-state index contributed by atoms with van der Waals surface area (Å²) in [6.45, 7) is 1.99. The molecule has 0 radical (unpaired) electrons. The Morgan fingerprint density at radius 2 is 1.72 bits per heavy atom. The highest BCUT2D eigenvalue weighted by molar-refractivity contribution is 5.90. The van der Waals surface area contributed by atoms with Gasteiger partial charge in [0.15, 0.2) is 17.8 Å². The zero-order valence-electron chi connectivity index (χ0n) is 23.8. The molecule has 2 aromatic carbocycles. The Labute approximate surface area is 247 Å². The number of para-hydroxylation sites is 1. The van der Waals surface area contributed by atoms with Gasteiger partial charge in [0.1, 0.15) is 11.4 Å². The van der Waals surface area contributed by atoms with Gasteiger partial charge >= 0.3 is 6.01 Å². The lowest BCUT2D eigenvalue weighted by atomic mass is 10.1. The van der Waals surface area contributed by atoms with Crippen LogP contribution < -0.4 is 21.8 Å². The van der Waals surface area contributed by atoms with Gasteiger partial charge in [-0.05, 0) is 37.4 Å². The molecule has 0 aliphatic carbocycles. The van der Waals surface area contributed by atoms with Gasteiger partial charge in [-0.2, -0.15) is 0 Å². The van der Waals surface area contributed by atoms with Crippen molar-refractivity contribution < 1.29 is 9.53 Å². The van der Waals surface area contributed by atoms with E-state index in [0.717, 1.165) is 5.69 Å². The minimum Gasteiger partial charge on any atom is -0.467 e. The molecule has 0 atom stereocenters. The van der Waals surface area contributed by atoms with E-state index in [1.54, 1.807) is 35.4 Å². The Morgan fingerprint density at radius 3 is 2.40 bits per heavy atom. The number of nitrogen functional groups attached to an aromatic ring is 1. The van der Waals surface area contributed by atoms with Crippen molar-refractivity contribution in [1.82, 2.24) is 34.1 Å². The molecule has 6 rings (SSSR count). The molecule has 4 N–H and O–H groups in total. The second kappa shape index (κ2) is 14.1. The van der Waals surface area contributed by atoms with Gasteiger partial charge in [-0.15, -0.1) is 5.10 Å².